The highest BCUT2D eigenvalue weighted by Gasteiger charge is 2.38. The minimum absolute atomic E-state index is 0.0719. The van der Waals surface area contributed by atoms with Gasteiger partial charge in [0.2, 0.25) is 5.91 Å². The number of benzene rings is 1. The molecule has 1 aromatic rings. The Bertz CT molecular complexity index is 689. The molecule has 0 radical (unpaired) electrons. The summed E-state index contributed by atoms with van der Waals surface area (Å²) in [6.45, 7) is 6.09. The Balaban J connectivity index is 1.88. The van der Waals surface area contributed by atoms with Gasteiger partial charge in [-0.3, -0.25) is 9.69 Å². The maximum absolute atomic E-state index is 13.2. The van der Waals surface area contributed by atoms with E-state index in [-0.39, 0.29) is 18.5 Å². The first kappa shape index (κ1) is 19.7. The molecule has 148 valence electrons. The van der Waals surface area contributed by atoms with Crippen LogP contribution in [-0.4, -0.2) is 45.5 Å². The lowest BCUT2D eigenvalue weighted by molar-refractivity contribution is -0.137. The van der Waals surface area contributed by atoms with Crippen molar-refractivity contribution in [3.8, 4) is 0 Å². The zero-order valence-electron chi connectivity index (χ0n) is 16.8. The van der Waals surface area contributed by atoms with Gasteiger partial charge in [0, 0.05) is 12.1 Å². The largest absolute Gasteiger partial charge is 0.465 e. The summed E-state index contributed by atoms with van der Waals surface area (Å²) in [6.07, 6.45) is 5.80. The third-order valence-electron chi connectivity index (χ3n) is 6.08. The first-order chi connectivity index (χ1) is 12.8. The van der Waals surface area contributed by atoms with Crippen molar-refractivity contribution in [1.82, 2.24) is 9.80 Å². The lowest BCUT2D eigenvalue weighted by Crippen LogP contribution is -2.53. The smallest absolute Gasteiger partial charge is 0.408 e. The van der Waals surface area contributed by atoms with Gasteiger partial charge >= 0.3 is 6.09 Å². The fourth-order valence-corrected chi connectivity index (χ4v) is 4.65. The lowest BCUT2D eigenvalue weighted by Gasteiger charge is -2.44. The van der Waals surface area contributed by atoms with Crippen LogP contribution in [0.2, 0.25) is 0 Å². The topological polar surface area (TPSA) is 60.9 Å². The SMILES string of the molecule is CC(C)(C)N(CC(=O)N1CCc2ccccc2C1C1CCCCC1)C(=O)O. The zero-order valence-corrected chi connectivity index (χ0v) is 16.8. The van der Waals surface area contributed by atoms with Crippen LogP contribution in [0, 0.1) is 5.92 Å². The van der Waals surface area contributed by atoms with E-state index in [1.54, 1.807) is 0 Å². The molecule has 27 heavy (non-hydrogen) atoms. The van der Waals surface area contributed by atoms with E-state index in [2.05, 4.69) is 24.3 Å². The van der Waals surface area contributed by atoms with Crippen molar-refractivity contribution < 1.29 is 14.7 Å². The number of hydrogen-bond donors (Lipinski definition) is 1. The van der Waals surface area contributed by atoms with E-state index in [1.807, 2.05) is 25.7 Å². The van der Waals surface area contributed by atoms with Gasteiger partial charge in [0.05, 0.1) is 6.04 Å². The molecule has 0 saturated heterocycles. The van der Waals surface area contributed by atoms with E-state index in [0.717, 1.165) is 19.3 Å². The zero-order chi connectivity index (χ0) is 19.6. The normalized spacial score (nSPS) is 20.9. The number of rotatable bonds is 3. The molecule has 1 saturated carbocycles. The molecule has 1 aliphatic carbocycles. The summed E-state index contributed by atoms with van der Waals surface area (Å²) in [7, 11) is 0. The Hall–Kier alpha value is -2.04. The molecule has 1 heterocycles. The number of amides is 2. The molecule has 2 aliphatic rings. The number of carbonyl (C=O) groups excluding carboxylic acids is 1. The highest BCUT2D eigenvalue weighted by molar-refractivity contribution is 5.83. The van der Waals surface area contributed by atoms with E-state index in [9.17, 15) is 14.7 Å². The summed E-state index contributed by atoms with van der Waals surface area (Å²) < 4.78 is 0. The van der Waals surface area contributed by atoms with Gasteiger partial charge in [0.15, 0.2) is 0 Å². The summed E-state index contributed by atoms with van der Waals surface area (Å²) in [5.74, 6) is 0.398. The van der Waals surface area contributed by atoms with Crippen molar-refractivity contribution in [2.45, 2.75) is 70.9 Å². The average Bonchev–Trinajstić information content (AvgIpc) is 2.64. The van der Waals surface area contributed by atoms with Crippen LogP contribution >= 0.6 is 0 Å². The van der Waals surface area contributed by atoms with Crippen molar-refractivity contribution in [3.63, 3.8) is 0 Å². The molecule has 1 atom stereocenters. The number of hydrogen-bond acceptors (Lipinski definition) is 2. The van der Waals surface area contributed by atoms with Gasteiger partial charge in [0.25, 0.3) is 0 Å². The van der Waals surface area contributed by atoms with Crippen LogP contribution in [0.25, 0.3) is 0 Å². The van der Waals surface area contributed by atoms with E-state index in [1.165, 1.54) is 35.3 Å². The Kier molecular flexibility index (Phi) is 5.78. The molecule has 0 spiro atoms. The summed E-state index contributed by atoms with van der Waals surface area (Å²) in [6, 6.07) is 8.54. The molecule has 1 unspecified atom stereocenters. The van der Waals surface area contributed by atoms with Crippen LogP contribution in [0.5, 0.6) is 0 Å². The highest BCUT2D eigenvalue weighted by atomic mass is 16.4. The van der Waals surface area contributed by atoms with Gasteiger partial charge in [-0.25, -0.2) is 4.79 Å². The molecule has 5 heteroatoms. The first-order valence-corrected chi connectivity index (χ1v) is 10.2. The quantitative estimate of drug-likeness (QED) is 0.851. The van der Waals surface area contributed by atoms with Crippen LogP contribution in [0.1, 0.15) is 70.0 Å². The Labute approximate surface area is 162 Å². The van der Waals surface area contributed by atoms with E-state index in [0.29, 0.717) is 12.5 Å². The van der Waals surface area contributed by atoms with Crippen LogP contribution in [-0.2, 0) is 11.2 Å². The minimum Gasteiger partial charge on any atom is -0.465 e. The van der Waals surface area contributed by atoms with E-state index < -0.39 is 11.6 Å². The Morgan fingerprint density at radius 3 is 2.44 bits per heavy atom. The van der Waals surface area contributed by atoms with Crippen molar-refractivity contribution in [2.24, 2.45) is 5.92 Å². The van der Waals surface area contributed by atoms with E-state index in [4.69, 9.17) is 0 Å². The number of carboxylic acid groups (broad SMARTS) is 1. The summed E-state index contributed by atoms with van der Waals surface area (Å²) in [4.78, 5) is 28.2. The first-order valence-electron chi connectivity index (χ1n) is 10.2. The fraction of sp³-hybridized carbons (Fsp3) is 0.636. The van der Waals surface area contributed by atoms with Gasteiger partial charge in [-0.2, -0.15) is 0 Å². The molecule has 1 aliphatic heterocycles. The summed E-state index contributed by atoms with van der Waals surface area (Å²) in [5.41, 5.74) is 2.00. The van der Waals surface area contributed by atoms with E-state index >= 15 is 0 Å². The fourth-order valence-electron chi connectivity index (χ4n) is 4.65. The van der Waals surface area contributed by atoms with Crippen LogP contribution < -0.4 is 0 Å². The predicted octanol–water partition coefficient (Wildman–Crippen LogP) is 4.47. The summed E-state index contributed by atoms with van der Waals surface area (Å²) in [5, 5.41) is 9.58. The van der Waals surface area contributed by atoms with Crippen LogP contribution in [0.15, 0.2) is 24.3 Å². The summed E-state index contributed by atoms with van der Waals surface area (Å²) >= 11 is 0. The second-order valence-electron chi connectivity index (χ2n) is 8.92. The molecule has 0 bridgehead atoms. The van der Waals surface area contributed by atoms with Crippen molar-refractivity contribution in [2.75, 3.05) is 13.1 Å². The molecular formula is C22H32N2O3. The Morgan fingerprint density at radius 1 is 1.15 bits per heavy atom. The molecular weight excluding hydrogens is 340 g/mol. The molecule has 3 rings (SSSR count). The van der Waals surface area contributed by atoms with Gasteiger partial charge in [-0.1, -0.05) is 43.5 Å². The average molecular weight is 373 g/mol. The van der Waals surface area contributed by atoms with Crippen molar-refractivity contribution in [1.29, 1.82) is 0 Å². The van der Waals surface area contributed by atoms with Crippen molar-refractivity contribution in [3.05, 3.63) is 35.4 Å². The molecule has 0 aromatic heterocycles. The molecule has 2 amide bonds. The Morgan fingerprint density at radius 2 is 1.81 bits per heavy atom. The van der Waals surface area contributed by atoms with Crippen molar-refractivity contribution >= 4 is 12.0 Å². The minimum atomic E-state index is -1.04. The van der Waals surface area contributed by atoms with Gasteiger partial charge in [0.1, 0.15) is 6.54 Å². The molecule has 1 aromatic carbocycles. The number of carbonyl (C=O) groups is 2. The van der Waals surface area contributed by atoms with Gasteiger partial charge in [-0.05, 0) is 57.1 Å². The molecule has 1 fully saturated rings. The second kappa shape index (κ2) is 7.91. The number of nitrogens with zero attached hydrogens (tertiary/aromatic N) is 2. The molecule has 1 N–H and O–H groups in total. The standard InChI is InChI=1S/C22H32N2O3/c1-22(2,3)24(21(26)27)15-19(25)23-14-13-16-9-7-8-12-18(16)20(23)17-10-5-4-6-11-17/h7-9,12,17,20H,4-6,10-11,13-15H2,1-3H3,(H,26,27). The predicted molar refractivity (Wildman–Crippen MR) is 106 cm³/mol. The maximum Gasteiger partial charge on any atom is 0.408 e. The van der Waals surface area contributed by atoms with Crippen LogP contribution in [0.3, 0.4) is 0 Å². The van der Waals surface area contributed by atoms with Gasteiger partial charge in [-0.15, -0.1) is 0 Å². The lowest BCUT2D eigenvalue weighted by atomic mass is 9.77. The maximum atomic E-state index is 13.2. The van der Waals surface area contributed by atoms with Crippen LogP contribution in [0.4, 0.5) is 4.79 Å². The monoisotopic (exact) mass is 372 g/mol. The highest BCUT2D eigenvalue weighted by Crippen LogP contribution is 2.42. The van der Waals surface area contributed by atoms with Gasteiger partial charge < -0.3 is 10.0 Å². The number of fused-ring (bicyclic) bond motifs is 1. The molecule has 5 nitrogen and oxygen atoms in total. The second-order valence-corrected chi connectivity index (χ2v) is 8.92. The third kappa shape index (κ3) is 4.28. The third-order valence-corrected chi connectivity index (χ3v) is 6.08.